The molecule has 2 aliphatic carbocycles. The molecule has 0 saturated carbocycles. The van der Waals surface area contributed by atoms with E-state index >= 15 is 0 Å². The molecule has 4 heterocycles. The van der Waals surface area contributed by atoms with Crippen molar-refractivity contribution in [2.45, 2.75) is 25.7 Å². The number of imidazole rings is 1. The number of anilines is 1. The van der Waals surface area contributed by atoms with Crippen molar-refractivity contribution in [3.8, 4) is 11.3 Å². The fourth-order valence-electron chi connectivity index (χ4n) is 4.20. The predicted molar refractivity (Wildman–Crippen MR) is 102 cm³/mol. The van der Waals surface area contributed by atoms with E-state index in [2.05, 4.69) is 25.5 Å². The van der Waals surface area contributed by atoms with Gasteiger partial charge in [-0.2, -0.15) is 5.10 Å². The number of aromatic nitrogens is 6. The molecule has 134 valence electrons. The fraction of sp³-hybridized carbons (Fsp3) is 0.300. The maximum absolute atomic E-state index is 4.63. The fourth-order valence-corrected chi connectivity index (χ4v) is 4.20. The molecule has 0 bridgehead atoms. The molecule has 0 aromatic carbocycles. The van der Waals surface area contributed by atoms with Crippen molar-refractivity contribution in [3.63, 3.8) is 0 Å². The molecular weight excluding hydrogens is 338 g/mol. The molecule has 7 nitrogen and oxygen atoms in total. The molecule has 2 aliphatic rings. The molecule has 0 spiro atoms. The molecule has 4 aromatic rings. The van der Waals surface area contributed by atoms with E-state index in [1.54, 1.807) is 21.9 Å². The Hall–Kier alpha value is -3.22. The lowest BCUT2D eigenvalue weighted by atomic mass is 9.95. The molecule has 1 atom stereocenters. The van der Waals surface area contributed by atoms with Crippen molar-refractivity contribution >= 4 is 17.1 Å². The van der Waals surface area contributed by atoms with Crippen molar-refractivity contribution < 1.29 is 0 Å². The molecular formula is C20H19N7. The third-order valence-corrected chi connectivity index (χ3v) is 5.71. The molecule has 4 aromatic heterocycles. The zero-order valence-corrected chi connectivity index (χ0v) is 14.8. The van der Waals surface area contributed by atoms with Crippen LogP contribution < -0.4 is 5.32 Å². The zero-order valence-electron chi connectivity index (χ0n) is 14.8. The number of fused-ring (bicyclic) bond motifs is 2. The van der Waals surface area contributed by atoms with Crippen LogP contribution in [0.15, 0.2) is 54.1 Å². The Bertz CT molecular complexity index is 1200. The van der Waals surface area contributed by atoms with Gasteiger partial charge in [0.15, 0.2) is 5.65 Å². The largest absolute Gasteiger partial charge is 0.352 e. The monoisotopic (exact) mass is 357 g/mol. The van der Waals surface area contributed by atoms with E-state index in [9.17, 15) is 0 Å². The summed E-state index contributed by atoms with van der Waals surface area (Å²) < 4.78 is 3.65. The van der Waals surface area contributed by atoms with Gasteiger partial charge in [0.2, 0.25) is 5.95 Å². The summed E-state index contributed by atoms with van der Waals surface area (Å²) >= 11 is 0. The van der Waals surface area contributed by atoms with Gasteiger partial charge in [-0.15, -0.1) is 5.10 Å². The Balaban J connectivity index is 1.27. The normalized spacial score (nSPS) is 18.9. The van der Waals surface area contributed by atoms with Crippen LogP contribution in [0.4, 0.5) is 5.95 Å². The Morgan fingerprint density at radius 1 is 1.07 bits per heavy atom. The van der Waals surface area contributed by atoms with Gasteiger partial charge in [0, 0.05) is 30.7 Å². The van der Waals surface area contributed by atoms with Gasteiger partial charge >= 0.3 is 0 Å². The molecule has 0 aliphatic heterocycles. The number of allylic oxidation sites excluding steroid dienone is 1. The van der Waals surface area contributed by atoms with E-state index in [1.165, 1.54) is 25.7 Å². The van der Waals surface area contributed by atoms with Gasteiger partial charge in [0.1, 0.15) is 0 Å². The molecule has 1 unspecified atom stereocenters. The minimum Gasteiger partial charge on any atom is -0.352 e. The van der Waals surface area contributed by atoms with E-state index < -0.39 is 0 Å². The van der Waals surface area contributed by atoms with Gasteiger partial charge in [0.25, 0.3) is 0 Å². The van der Waals surface area contributed by atoms with Gasteiger partial charge in [-0.25, -0.2) is 19.0 Å². The average Bonchev–Trinajstić information content (AvgIpc) is 3.16. The first-order valence-electron chi connectivity index (χ1n) is 9.45. The second kappa shape index (κ2) is 5.64. The van der Waals surface area contributed by atoms with E-state index in [4.69, 9.17) is 0 Å². The summed E-state index contributed by atoms with van der Waals surface area (Å²) in [5, 5.41) is 12.7. The first-order valence-corrected chi connectivity index (χ1v) is 9.45. The highest BCUT2D eigenvalue weighted by molar-refractivity contribution is 5.78. The van der Waals surface area contributed by atoms with Crippen LogP contribution in [-0.2, 0) is 0 Å². The van der Waals surface area contributed by atoms with Crippen LogP contribution >= 0.6 is 0 Å². The van der Waals surface area contributed by atoms with Crippen molar-refractivity contribution in [1.82, 2.24) is 29.2 Å². The number of hydrogen-bond donors (Lipinski definition) is 1. The van der Waals surface area contributed by atoms with Crippen LogP contribution in [0, 0.1) is 5.92 Å². The second-order valence-electron chi connectivity index (χ2n) is 7.37. The smallest absolute Gasteiger partial charge is 0.241 e. The molecule has 0 fully saturated rings. The molecule has 1 N–H and O–H groups in total. The molecule has 7 heteroatoms. The maximum Gasteiger partial charge on any atom is 0.241 e. The summed E-state index contributed by atoms with van der Waals surface area (Å²) in [4.78, 5) is 8.78. The summed E-state index contributed by atoms with van der Waals surface area (Å²) in [6.07, 6.45) is 12.6. The first kappa shape index (κ1) is 14.9. The quantitative estimate of drug-likeness (QED) is 0.567. The summed E-state index contributed by atoms with van der Waals surface area (Å²) in [5.41, 5.74) is 7.04. The van der Waals surface area contributed by atoms with E-state index in [-0.39, 0.29) is 0 Å². The van der Waals surface area contributed by atoms with Gasteiger partial charge in [-0.3, -0.25) is 0 Å². The third kappa shape index (κ3) is 2.50. The van der Waals surface area contributed by atoms with Crippen LogP contribution in [0.25, 0.3) is 22.4 Å². The van der Waals surface area contributed by atoms with Gasteiger partial charge in [-0.1, -0.05) is 11.1 Å². The third-order valence-electron chi connectivity index (χ3n) is 5.71. The highest BCUT2D eigenvalue weighted by atomic mass is 15.3. The van der Waals surface area contributed by atoms with Crippen molar-refractivity contribution in [2.75, 3.05) is 11.9 Å². The van der Waals surface area contributed by atoms with Gasteiger partial charge < -0.3 is 5.32 Å². The molecule has 27 heavy (non-hydrogen) atoms. The lowest BCUT2D eigenvalue weighted by Crippen LogP contribution is -2.17. The minimum atomic E-state index is 0.666. The highest BCUT2D eigenvalue weighted by Gasteiger charge is 2.32. The van der Waals surface area contributed by atoms with Crippen LogP contribution in [0.2, 0.25) is 0 Å². The van der Waals surface area contributed by atoms with Crippen LogP contribution in [0.3, 0.4) is 0 Å². The van der Waals surface area contributed by atoms with Gasteiger partial charge in [0.05, 0.1) is 17.4 Å². The molecule has 0 saturated heterocycles. The Kier molecular flexibility index (Phi) is 3.11. The van der Waals surface area contributed by atoms with Crippen LogP contribution in [0.1, 0.15) is 25.7 Å². The number of rotatable bonds is 4. The van der Waals surface area contributed by atoms with E-state index in [0.717, 1.165) is 29.0 Å². The number of nitrogens with one attached hydrogen (secondary N) is 1. The second-order valence-corrected chi connectivity index (χ2v) is 7.37. The first-order chi connectivity index (χ1) is 13.3. The Morgan fingerprint density at radius 3 is 3.07 bits per heavy atom. The molecule has 0 amide bonds. The zero-order chi connectivity index (χ0) is 17.8. The molecule has 6 rings (SSSR count). The van der Waals surface area contributed by atoms with Crippen LogP contribution in [-0.4, -0.2) is 35.7 Å². The van der Waals surface area contributed by atoms with Crippen molar-refractivity contribution in [2.24, 2.45) is 5.92 Å². The summed E-state index contributed by atoms with van der Waals surface area (Å²) in [5.74, 6) is 1.34. The Morgan fingerprint density at radius 2 is 2.07 bits per heavy atom. The highest BCUT2D eigenvalue weighted by Crippen LogP contribution is 2.46. The van der Waals surface area contributed by atoms with Crippen molar-refractivity contribution in [1.29, 1.82) is 0 Å². The SMILES string of the molecule is c1cn2nc(-c3ccn4nc(NCC5CCCC6=C5C6)ncc34)ccc2n1. The van der Waals surface area contributed by atoms with E-state index in [0.29, 0.717) is 11.9 Å². The van der Waals surface area contributed by atoms with Crippen LogP contribution in [0.5, 0.6) is 0 Å². The van der Waals surface area contributed by atoms with Gasteiger partial charge in [-0.05, 0) is 49.8 Å². The lowest BCUT2D eigenvalue weighted by Gasteiger charge is -2.16. The molecule has 0 radical (unpaired) electrons. The summed E-state index contributed by atoms with van der Waals surface area (Å²) in [7, 11) is 0. The predicted octanol–water partition coefficient (Wildman–Crippen LogP) is 3.35. The number of nitrogens with zero attached hydrogens (tertiary/aromatic N) is 6. The average molecular weight is 357 g/mol. The standard InChI is InChI=1S/C20H19N7/c1-2-13-10-16(13)14(3-1)11-22-20-23-12-18-15(6-8-26(18)25-20)17-4-5-19-21-7-9-27(19)24-17/h4-9,12,14H,1-3,10-11H2,(H,22,25). The topological polar surface area (TPSA) is 72.4 Å². The van der Waals surface area contributed by atoms with Crippen molar-refractivity contribution in [3.05, 3.63) is 54.1 Å². The minimum absolute atomic E-state index is 0.666. The maximum atomic E-state index is 4.63. The Labute approximate surface area is 155 Å². The summed E-state index contributed by atoms with van der Waals surface area (Å²) in [6.45, 7) is 0.928. The van der Waals surface area contributed by atoms with E-state index in [1.807, 2.05) is 41.3 Å². The summed E-state index contributed by atoms with van der Waals surface area (Å²) in [6, 6.07) is 5.97. The number of hydrogen-bond acceptors (Lipinski definition) is 5. The lowest BCUT2D eigenvalue weighted by molar-refractivity contribution is 0.556.